The maximum Gasteiger partial charge on any atom is 0.336 e. The predicted octanol–water partition coefficient (Wildman–Crippen LogP) is 3.29. The molecule has 26 heavy (non-hydrogen) atoms. The molecule has 2 amide bonds. The molecule has 1 fully saturated rings. The molecule has 0 atom stereocenters. The lowest BCUT2D eigenvalue weighted by Gasteiger charge is -2.31. The number of imidazole rings is 1. The van der Waals surface area contributed by atoms with Gasteiger partial charge in [0.2, 0.25) is 0 Å². The number of rotatable bonds is 3. The Kier molecular flexibility index (Phi) is 4.39. The summed E-state index contributed by atoms with van der Waals surface area (Å²) in [5.74, 6) is 0.154. The van der Waals surface area contributed by atoms with Crippen molar-refractivity contribution in [2.75, 3.05) is 18.5 Å². The molecule has 0 radical (unpaired) electrons. The van der Waals surface area contributed by atoms with Crippen molar-refractivity contribution in [1.82, 2.24) is 14.6 Å². The van der Waals surface area contributed by atoms with E-state index in [1.807, 2.05) is 54.6 Å². The van der Waals surface area contributed by atoms with Crippen LogP contribution in [0.2, 0.25) is 0 Å². The van der Waals surface area contributed by atoms with Crippen LogP contribution in [0.25, 0.3) is 11.0 Å². The molecule has 0 saturated carbocycles. The number of urea groups is 1. The van der Waals surface area contributed by atoms with Gasteiger partial charge in [-0.25, -0.2) is 19.9 Å². The van der Waals surface area contributed by atoms with Gasteiger partial charge >= 0.3 is 6.03 Å². The number of hydrogen-bond donors (Lipinski definition) is 1. The molecule has 132 valence electrons. The van der Waals surface area contributed by atoms with E-state index in [1.165, 1.54) is 0 Å². The van der Waals surface area contributed by atoms with Crippen molar-refractivity contribution < 1.29 is 9.59 Å². The second-order valence-corrected chi connectivity index (χ2v) is 6.51. The molecule has 6 nitrogen and oxygen atoms in total. The number of carbonyl (C=O) groups excluding carboxylic acids is 2. The molecule has 2 heterocycles. The summed E-state index contributed by atoms with van der Waals surface area (Å²) in [7, 11) is 0. The quantitative estimate of drug-likeness (QED) is 0.739. The number of ketones is 1. The Labute approximate surface area is 151 Å². The SMILES string of the molecule is O=C(c1ccccc1)C1CCN(C(=O)Nn2cnc3ccccc32)CC1. The molecule has 1 saturated heterocycles. The highest BCUT2D eigenvalue weighted by Crippen LogP contribution is 2.22. The molecule has 1 aliphatic rings. The number of para-hydroxylation sites is 2. The number of benzene rings is 2. The monoisotopic (exact) mass is 348 g/mol. The minimum absolute atomic E-state index is 0.0180. The normalized spacial score (nSPS) is 15.2. The second-order valence-electron chi connectivity index (χ2n) is 6.51. The molecule has 1 N–H and O–H groups in total. The van der Waals surface area contributed by atoms with Crippen LogP contribution in [0.4, 0.5) is 4.79 Å². The molecule has 3 aromatic rings. The average Bonchev–Trinajstić information content (AvgIpc) is 3.11. The molecule has 0 unspecified atom stereocenters. The van der Waals surface area contributed by atoms with Crippen LogP contribution in [-0.2, 0) is 0 Å². The highest BCUT2D eigenvalue weighted by molar-refractivity contribution is 5.98. The fourth-order valence-electron chi connectivity index (χ4n) is 3.40. The Morgan fingerprint density at radius 3 is 2.42 bits per heavy atom. The lowest BCUT2D eigenvalue weighted by molar-refractivity contribution is 0.0858. The van der Waals surface area contributed by atoms with E-state index in [0.29, 0.717) is 25.9 Å². The number of nitrogens with one attached hydrogen (secondary N) is 1. The number of hydrogen-bond acceptors (Lipinski definition) is 3. The van der Waals surface area contributed by atoms with E-state index in [0.717, 1.165) is 16.6 Å². The molecule has 2 aromatic carbocycles. The molecule has 1 aromatic heterocycles. The number of Topliss-reactive ketones (excluding diaryl/α,β-unsaturated/α-hetero) is 1. The van der Waals surface area contributed by atoms with E-state index in [1.54, 1.807) is 15.9 Å². The van der Waals surface area contributed by atoms with Crippen molar-refractivity contribution in [2.24, 2.45) is 5.92 Å². The van der Waals surface area contributed by atoms with Crippen LogP contribution in [0, 0.1) is 5.92 Å². The van der Waals surface area contributed by atoms with Gasteiger partial charge in [0.05, 0.1) is 11.0 Å². The van der Waals surface area contributed by atoms with Crippen LogP contribution in [0.1, 0.15) is 23.2 Å². The van der Waals surface area contributed by atoms with E-state index < -0.39 is 0 Å². The smallest absolute Gasteiger partial charge is 0.323 e. The zero-order chi connectivity index (χ0) is 17.9. The van der Waals surface area contributed by atoms with Crippen LogP contribution >= 0.6 is 0 Å². The zero-order valence-electron chi connectivity index (χ0n) is 14.3. The highest BCUT2D eigenvalue weighted by Gasteiger charge is 2.28. The Bertz CT molecular complexity index is 927. The number of fused-ring (bicyclic) bond motifs is 1. The van der Waals surface area contributed by atoms with E-state index in [2.05, 4.69) is 10.4 Å². The number of aromatic nitrogens is 2. The van der Waals surface area contributed by atoms with Crippen LogP contribution in [-0.4, -0.2) is 39.5 Å². The summed E-state index contributed by atoms with van der Waals surface area (Å²) in [4.78, 5) is 31.1. The summed E-state index contributed by atoms with van der Waals surface area (Å²) in [5, 5.41) is 0. The number of carbonyl (C=O) groups is 2. The minimum Gasteiger partial charge on any atom is -0.323 e. The van der Waals surface area contributed by atoms with Gasteiger partial charge in [0, 0.05) is 24.6 Å². The van der Waals surface area contributed by atoms with Crippen LogP contribution < -0.4 is 5.43 Å². The fourth-order valence-corrected chi connectivity index (χ4v) is 3.40. The molecule has 6 heteroatoms. The topological polar surface area (TPSA) is 67.2 Å². The van der Waals surface area contributed by atoms with Gasteiger partial charge in [0.25, 0.3) is 0 Å². The summed E-state index contributed by atoms with van der Waals surface area (Å²) in [6.45, 7) is 1.14. The first kappa shape index (κ1) is 16.3. The molecule has 0 spiro atoms. The van der Waals surface area contributed by atoms with Crippen LogP contribution in [0.3, 0.4) is 0 Å². The van der Waals surface area contributed by atoms with Crippen molar-refractivity contribution in [3.8, 4) is 0 Å². The van der Waals surface area contributed by atoms with Gasteiger partial charge < -0.3 is 4.90 Å². The van der Waals surface area contributed by atoms with Crippen molar-refractivity contribution >= 4 is 22.8 Å². The van der Waals surface area contributed by atoms with Gasteiger partial charge in [0.15, 0.2) is 5.78 Å². The molecular weight excluding hydrogens is 328 g/mol. The summed E-state index contributed by atoms with van der Waals surface area (Å²) in [6, 6.07) is 16.8. The summed E-state index contributed by atoms with van der Waals surface area (Å²) in [5.41, 5.74) is 5.31. The van der Waals surface area contributed by atoms with E-state index in [-0.39, 0.29) is 17.7 Å². The maximum atomic E-state index is 12.5. The van der Waals surface area contributed by atoms with E-state index in [9.17, 15) is 9.59 Å². The van der Waals surface area contributed by atoms with Crippen molar-refractivity contribution in [2.45, 2.75) is 12.8 Å². The van der Waals surface area contributed by atoms with Gasteiger partial charge in [-0.1, -0.05) is 42.5 Å². The molecule has 0 aliphatic carbocycles. The Morgan fingerprint density at radius 2 is 1.65 bits per heavy atom. The number of nitrogens with zero attached hydrogens (tertiary/aromatic N) is 3. The first-order valence-electron chi connectivity index (χ1n) is 8.79. The molecule has 4 rings (SSSR count). The van der Waals surface area contributed by atoms with Crippen molar-refractivity contribution in [3.63, 3.8) is 0 Å². The van der Waals surface area contributed by atoms with Gasteiger partial charge in [-0.3, -0.25) is 4.79 Å². The largest absolute Gasteiger partial charge is 0.336 e. The van der Waals surface area contributed by atoms with Crippen LogP contribution in [0.15, 0.2) is 60.9 Å². The number of piperidine rings is 1. The Hall–Kier alpha value is -3.15. The number of amides is 2. The third-order valence-electron chi connectivity index (χ3n) is 4.88. The van der Waals surface area contributed by atoms with Crippen LogP contribution in [0.5, 0.6) is 0 Å². The molecule has 0 bridgehead atoms. The Balaban J connectivity index is 1.37. The van der Waals surface area contributed by atoms with Crippen molar-refractivity contribution in [3.05, 3.63) is 66.5 Å². The summed E-state index contributed by atoms with van der Waals surface area (Å²) in [6.07, 6.45) is 2.98. The van der Waals surface area contributed by atoms with Crippen molar-refractivity contribution in [1.29, 1.82) is 0 Å². The Morgan fingerprint density at radius 1 is 0.962 bits per heavy atom. The minimum atomic E-state index is -0.168. The van der Waals surface area contributed by atoms with E-state index >= 15 is 0 Å². The molecular formula is C20H20N4O2. The standard InChI is InChI=1S/C20H20N4O2/c25-19(15-6-2-1-3-7-15)16-10-12-23(13-11-16)20(26)22-24-14-21-17-8-4-5-9-18(17)24/h1-9,14,16H,10-13H2,(H,22,26). The number of likely N-dealkylation sites (tertiary alicyclic amines) is 1. The molecule has 1 aliphatic heterocycles. The maximum absolute atomic E-state index is 12.5. The first-order valence-corrected chi connectivity index (χ1v) is 8.79. The lowest BCUT2D eigenvalue weighted by Crippen LogP contribution is -2.44. The lowest BCUT2D eigenvalue weighted by atomic mass is 9.89. The van der Waals surface area contributed by atoms with Gasteiger partial charge in [-0.15, -0.1) is 0 Å². The third kappa shape index (κ3) is 3.18. The van der Waals surface area contributed by atoms with Gasteiger partial charge in [-0.2, -0.15) is 0 Å². The zero-order valence-corrected chi connectivity index (χ0v) is 14.3. The predicted molar refractivity (Wildman–Crippen MR) is 99.6 cm³/mol. The summed E-state index contributed by atoms with van der Waals surface area (Å²) >= 11 is 0. The summed E-state index contributed by atoms with van der Waals surface area (Å²) < 4.78 is 1.64. The highest BCUT2D eigenvalue weighted by atomic mass is 16.2. The van der Waals surface area contributed by atoms with Gasteiger partial charge in [0.1, 0.15) is 6.33 Å². The van der Waals surface area contributed by atoms with Gasteiger partial charge in [-0.05, 0) is 25.0 Å². The average molecular weight is 348 g/mol. The first-order chi connectivity index (χ1) is 12.7. The fraction of sp³-hybridized carbons (Fsp3) is 0.250. The second kappa shape index (κ2) is 7.00. The third-order valence-corrected chi connectivity index (χ3v) is 4.88. The van der Waals surface area contributed by atoms with E-state index in [4.69, 9.17) is 0 Å².